The molecule has 1 aromatic heterocycles. The summed E-state index contributed by atoms with van der Waals surface area (Å²) < 4.78 is 8.76. The molecule has 0 N–H and O–H groups in total. The van der Waals surface area contributed by atoms with Crippen molar-refractivity contribution in [1.82, 2.24) is 14.0 Å². The molecule has 3 rings (SSSR count). The van der Waals surface area contributed by atoms with E-state index < -0.39 is 29.6 Å². The van der Waals surface area contributed by atoms with E-state index in [1.807, 2.05) is 0 Å². The predicted molar refractivity (Wildman–Crippen MR) is 101 cm³/mol. The normalized spacial score (nSPS) is 18.3. The van der Waals surface area contributed by atoms with Crippen molar-refractivity contribution >= 4 is 44.9 Å². The number of amides is 3. The molecule has 1 fully saturated rings. The second-order valence-electron chi connectivity index (χ2n) is 7.45. The van der Waals surface area contributed by atoms with Crippen molar-refractivity contribution in [2.24, 2.45) is 7.05 Å². The van der Waals surface area contributed by atoms with Crippen LogP contribution in [0.15, 0.2) is 27.5 Å². The highest BCUT2D eigenvalue weighted by molar-refractivity contribution is 9.10. The molecule has 1 aromatic carbocycles. The molecule has 2 heterocycles. The maximum Gasteiger partial charge on any atom is 0.424 e. The fourth-order valence-corrected chi connectivity index (χ4v) is 3.49. The van der Waals surface area contributed by atoms with Crippen molar-refractivity contribution in [2.45, 2.75) is 45.3 Å². The fraction of sp³-hybridized carbons (Fsp3) is 0.444. The fourth-order valence-electron chi connectivity index (χ4n) is 3.14. The average molecular weight is 438 g/mol. The first-order valence-corrected chi connectivity index (χ1v) is 9.27. The number of likely N-dealkylation sites (tertiary alicyclic amines) is 1. The molecule has 1 saturated heterocycles. The lowest BCUT2D eigenvalue weighted by molar-refractivity contribution is -0.149. The van der Waals surface area contributed by atoms with Gasteiger partial charge in [0.25, 0.3) is 5.91 Å². The second-order valence-corrected chi connectivity index (χ2v) is 8.36. The van der Waals surface area contributed by atoms with Gasteiger partial charge in [-0.05, 0) is 45.4 Å². The third-order valence-electron chi connectivity index (χ3n) is 4.33. The Kier molecular flexibility index (Phi) is 4.75. The summed E-state index contributed by atoms with van der Waals surface area (Å²) in [4.78, 5) is 50.8. The van der Waals surface area contributed by atoms with E-state index in [-0.39, 0.29) is 18.5 Å². The molecule has 1 unspecified atom stereocenters. The number of fused-ring (bicyclic) bond motifs is 1. The molecule has 0 spiro atoms. The Balaban J connectivity index is 2.06. The van der Waals surface area contributed by atoms with Crippen molar-refractivity contribution in [2.75, 3.05) is 0 Å². The minimum atomic E-state index is -1.02. The minimum absolute atomic E-state index is 0.0327. The number of hydrogen-bond acceptors (Lipinski definition) is 5. The SMILES string of the molecule is Cn1c(=O)n(C2CCC(=O)N(C(=O)OC(C)(C)C)C2=O)c2ccc(Br)cc21. The molecule has 1 aliphatic rings. The zero-order valence-electron chi connectivity index (χ0n) is 15.5. The van der Waals surface area contributed by atoms with Crippen molar-refractivity contribution in [3.63, 3.8) is 0 Å². The lowest BCUT2D eigenvalue weighted by Gasteiger charge is -2.31. The van der Waals surface area contributed by atoms with Gasteiger partial charge in [-0.3, -0.25) is 18.7 Å². The van der Waals surface area contributed by atoms with Crippen LogP contribution in [-0.2, 0) is 21.4 Å². The molecular formula is C18H20BrN3O5. The van der Waals surface area contributed by atoms with Crippen LogP contribution < -0.4 is 5.69 Å². The van der Waals surface area contributed by atoms with Crippen LogP contribution in [-0.4, -0.2) is 37.5 Å². The lowest BCUT2D eigenvalue weighted by atomic mass is 10.0. The van der Waals surface area contributed by atoms with Crippen molar-refractivity contribution < 1.29 is 19.1 Å². The molecule has 3 amide bonds. The average Bonchev–Trinajstić information content (AvgIpc) is 2.78. The van der Waals surface area contributed by atoms with Gasteiger partial charge in [-0.1, -0.05) is 15.9 Å². The van der Waals surface area contributed by atoms with Crippen LogP contribution in [0.25, 0.3) is 11.0 Å². The van der Waals surface area contributed by atoms with Gasteiger partial charge in [0.1, 0.15) is 11.6 Å². The van der Waals surface area contributed by atoms with E-state index in [0.717, 1.165) is 4.47 Å². The van der Waals surface area contributed by atoms with E-state index >= 15 is 0 Å². The van der Waals surface area contributed by atoms with E-state index in [9.17, 15) is 19.2 Å². The van der Waals surface area contributed by atoms with Gasteiger partial charge in [-0.15, -0.1) is 0 Å². The third kappa shape index (κ3) is 3.43. The number of ether oxygens (including phenoxy) is 1. The zero-order valence-corrected chi connectivity index (χ0v) is 17.1. The number of hydrogen-bond donors (Lipinski definition) is 0. The van der Waals surface area contributed by atoms with Crippen LogP contribution in [0.5, 0.6) is 0 Å². The molecule has 0 saturated carbocycles. The van der Waals surface area contributed by atoms with Crippen LogP contribution in [0.3, 0.4) is 0 Å². The summed E-state index contributed by atoms with van der Waals surface area (Å²) in [5.74, 6) is -1.38. The first-order chi connectivity index (χ1) is 12.5. The van der Waals surface area contributed by atoms with Crippen molar-refractivity contribution in [3.05, 3.63) is 33.2 Å². The van der Waals surface area contributed by atoms with Gasteiger partial charge < -0.3 is 4.74 Å². The van der Waals surface area contributed by atoms with Gasteiger partial charge in [0.2, 0.25) is 5.91 Å². The Bertz CT molecular complexity index is 1010. The highest BCUT2D eigenvalue weighted by Gasteiger charge is 2.42. The molecule has 9 heteroatoms. The number of carbonyl (C=O) groups excluding carboxylic acids is 3. The highest BCUT2D eigenvalue weighted by atomic mass is 79.9. The Morgan fingerprint density at radius 3 is 2.48 bits per heavy atom. The Hall–Kier alpha value is -2.42. The smallest absolute Gasteiger partial charge is 0.424 e. The predicted octanol–water partition coefficient (Wildman–Crippen LogP) is 2.73. The second kappa shape index (κ2) is 6.63. The summed E-state index contributed by atoms with van der Waals surface area (Å²) in [7, 11) is 1.61. The molecule has 0 aliphatic carbocycles. The van der Waals surface area contributed by atoms with E-state index in [1.165, 1.54) is 9.13 Å². The number of benzene rings is 1. The lowest BCUT2D eigenvalue weighted by Crippen LogP contribution is -2.51. The van der Waals surface area contributed by atoms with E-state index in [4.69, 9.17) is 4.74 Å². The molecule has 1 atom stereocenters. The van der Waals surface area contributed by atoms with E-state index in [0.29, 0.717) is 15.9 Å². The summed E-state index contributed by atoms with van der Waals surface area (Å²) in [6.45, 7) is 4.94. The van der Waals surface area contributed by atoms with Gasteiger partial charge >= 0.3 is 11.8 Å². The summed E-state index contributed by atoms with van der Waals surface area (Å²) in [5.41, 5.74) is -0.0435. The maximum absolute atomic E-state index is 13.0. The number of imidazole rings is 1. The molecule has 8 nitrogen and oxygen atoms in total. The van der Waals surface area contributed by atoms with Crippen LogP contribution >= 0.6 is 15.9 Å². The van der Waals surface area contributed by atoms with Crippen molar-refractivity contribution in [1.29, 1.82) is 0 Å². The van der Waals surface area contributed by atoms with Gasteiger partial charge in [-0.25, -0.2) is 9.59 Å². The summed E-state index contributed by atoms with van der Waals surface area (Å²) >= 11 is 3.37. The molecule has 2 aromatic rings. The summed E-state index contributed by atoms with van der Waals surface area (Å²) in [5, 5.41) is 0. The number of rotatable bonds is 1. The van der Waals surface area contributed by atoms with Crippen LogP contribution in [0.4, 0.5) is 4.79 Å². The first-order valence-electron chi connectivity index (χ1n) is 8.47. The first kappa shape index (κ1) is 19.3. The molecule has 27 heavy (non-hydrogen) atoms. The molecular weight excluding hydrogens is 418 g/mol. The van der Waals surface area contributed by atoms with Gasteiger partial charge in [-0.2, -0.15) is 4.90 Å². The minimum Gasteiger partial charge on any atom is -0.443 e. The monoisotopic (exact) mass is 437 g/mol. The number of carbonyl (C=O) groups is 3. The quantitative estimate of drug-likeness (QED) is 0.639. The summed E-state index contributed by atoms with van der Waals surface area (Å²) in [6, 6.07) is 4.31. The van der Waals surface area contributed by atoms with Gasteiger partial charge in [0, 0.05) is 17.9 Å². The third-order valence-corrected chi connectivity index (χ3v) is 4.82. The highest BCUT2D eigenvalue weighted by Crippen LogP contribution is 2.28. The van der Waals surface area contributed by atoms with Crippen LogP contribution in [0, 0.1) is 0 Å². The van der Waals surface area contributed by atoms with Gasteiger partial charge in [0.05, 0.1) is 11.0 Å². The number of aryl methyl sites for hydroxylation is 1. The number of aromatic nitrogens is 2. The Labute approximate surface area is 163 Å². The molecule has 0 radical (unpaired) electrons. The molecule has 144 valence electrons. The molecule has 1 aliphatic heterocycles. The van der Waals surface area contributed by atoms with E-state index in [2.05, 4.69) is 15.9 Å². The maximum atomic E-state index is 13.0. The largest absolute Gasteiger partial charge is 0.443 e. The Morgan fingerprint density at radius 1 is 1.19 bits per heavy atom. The van der Waals surface area contributed by atoms with Crippen LogP contribution in [0.2, 0.25) is 0 Å². The van der Waals surface area contributed by atoms with Crippen molar-refractivity contribution in [3.8, 4) is 0 Å². The van der Waals surface area contributed by atoms with Gasteiger partial charge in [0.15, 0.2) is 0 Å². The standard InChI is InChI=1S/C18H20BrN3O5/c1-18(2,3)27-17(26)22-14(23)8-7-12(15(22)24)21-11-6-5-10(19)9-13(11)20(4)16(21)25/h5-6,9,12H,7-8H2,1-4H3. The van der Waals surface area contributed by atoms with E-state index in [1.54, 1.807) is 46.0 Å². The number of piperidine rings is 1. The number of imide groups is 3. The topological polar surface area (TPSA) is 90.6 Å². The molecule has 0 bridgehead atoms. The van der Waals surface area contributed by atoms with Crippen LogP contribution in [0.1, 0.15) is 39.7 Å². The number of halogens is 1. The Morgan fingerprint density at radius 2 is 1.85 bits per heavy atom. The zero-order chi connectivity index (χ0) is 20.1. The number of nitrogens with zero attached hydrogens (tertiary/aromatic N) is 3. The summed E-state index contributed by atoms with van der Waals surface area (Å²) in [6.07, 6.45) is -0.903.